The van der Waals surface area contributed by atoms with E-state index in [0.29, 0.717) is 35.0 Å². The summed E-state index contributed by atoms with van der Waals surface area (Å²) in [4.78, 5) is 26.5. The van der Waals surface area contributed by atoms with Gasteiger partial charge >= 0.3 is 5.97 Å². The third-order valence-electron chi connectivity index (χ3n) is 10.3. The molecule has 2 bridgehead atoms. The normalized spacial score (nSPS) is 44.1. The van der Waals surface area contributed by atoms with Crippen molar-refractivity contribution >= 4 is 11.8 Å². The fraction of sp³-hybridized carbons (Fsp3) is 0.704. The maximum atomic E-state index is 13.5. The molecule has 0 aromatic heterocycles. The summed E-state index contributed by atoms with van der Waals surface area (Å²) >= 11 is 0. The van der Waals surface area contributed by atoms with Crippen LogP contribution in [-0.4, -0.2) is 17.9 Å². The summed E-state index contributed by atoms with van der Waals surface area (Å²) in [6.45, 7) is 9.44. The number of fused-ring (bicyclic) bond motifs is 3. The van der Waals surface area contributed by atoms with Gasteiger partial charge in [-0.15, -0.1) is 0 Å². The van der Waals surface area contributed by atoms with Crippen molar-refractivity contribution in [3.63, 3.8) is 0 Å². The zero-order valence-electron chi connectivity index (χ0n) is 19.0. The molecule has 1 spiro atoms. The molecular weight excluding hydrogens is 372 g/mol. The first-order chi connectivity index (χ1) is 14.1. The summed E-state index contributed by atoms with van der Waals surface area (Å²) in [5, 5.41) is 0. The summed E-state index contributed by atoms with van der Waals surface area (Å²) in [7, 11) is 0. The first-order valence-electron chi connectivity index (χ1n) is 11.9. The second-order valence-corrected chi connectivity index (χ2v) is 11.9. The van der Waals surface area contributed by atoms with Crippen LogP contribution in [0.15, 0.2) is 30.3 Å². The molecule has 6 rings (SSSR count). The van der Waals surface area contributed by atoms with Crippen molar-refractivity contribution in [1.29, 1.82) is 0 Å². The van der Waals surface area contributed by atoms with Gasteiger partial charge in [0.1, 0.15) is 11.9 Å². The Bertz CT molecular complexity index is 873. The number of benzene rings is 1. The number of ketones is 1. The lowest BCUT2D eigenvalue weighted by molar-refractivity contribution is -0.238. The van der Waals surface area contributed by atoms with Gasteiger partial charge in [0.15, 0.2) is 0 Å². The topological polar surface area (TPSA) is 43.4 Å². The van der Waals surface area contributed by atoms with Gasteiger partial charge in [0, 0.05) is 6.42 Å². The maximum Gasteiger partial charge on any atom is 0.338 e. The van der Waals surface area contributed by atoms with Gasteiger partial charge < -0.3 is 4.74 Å². The number of hydrogen-bond acceptors (Lipinski definition) is 3. The molecule has 3 nitrogen and oxygen atoms in total. The molecular formula is C27H36O3. The highest BCUT2D eigenvalue weighted by atomic mass is 16.5. The lowest BCUT2D eigenvalue weighted by Crippen LogP contribution is -2.69. The first-order valence-corrected chi connectivity index (χ1v) is 11.9. The van der Waals surface area contributed by atoms with E-state index in [9.17, 15) is 9.59 Å². The predicted octanol–water partition coefficient (Wildman–Crippen LogP) is 6.21. The van der Waals surface area contributed by atoms with Gasteiger partial charge in [0.25, 0.3) is 0 Å². The van der Waals surface area contributed by atoms with Crippen LogP contribution in [0.25, 0.3) is 0 Å². The highest BCUT2D eigenvalue weighted by molar-refractivity contribution is 5.91. The van der Waals surface area contributed by atoms with Crippen molar-refractivity contribution in [2.75, 3.05) is 0 Å². The second-order valence-electron chi connectivity index (χ2n) is 11.9. The van der Waals surface area contributed by atoms with Gasteiger partial charge in [-0.2, -0.15) is 0 Å². The number of ether oxygens (including phenoxy) is 1. The van der Waals surface area contributed by atoms with E-state index in [-0.39, 0.29) is 22.9 Å². The van der Waals surface area contributed by atoms with E-state index in [4.69, 9.17) is 4.74 Å². The quantitative estimate of drug-likeness (QED) is 0.546. The monoisotopic (exact) mass is 408 g/mol. The number of carbonyl (C=O) groups is 2. The van der Waals surface area contributed by atoms with E-state index in [1.807, 2.05) is 18.2 Å². The van der Waals surface area contributed by atoms with E-state index >= 15 is 0 Å². The zero-order chi connectivity index (χ0) is 21.4. The summed E-state index contributed by atoms with van der Waals surface area (Å²) in [6, 6.07) is 9.23. The number of carbonyl (C=O) groups excluding carboxylic acids is 2. The molecule has 5 fully saturated rings. The zero-order valence-corrected chi connectivity index (χ0v) is 19.0. The van der Waals surface area contributed by atoms with Gasteiger partial charge in [-0.1, -0.05) is 45.4 Å². The van der Waals surface area contributed by atoms with Crippen molar-refractivity contribution in [3.05, 3.63) is 35.9 Å². The Kier molecular flexibility index (Phi) is 4.35. The Morgan fingerprint density at radius 2 is 1.73 bits per heavy atom. The molecule has 0 heterocycles. The summed E-state index contributed by atoms with van der Waals surface area (Å²) < 4.78 is 6.15. The standard InChI is InChI=1S/C27H36O3/c1-24(2)13-8-14-26(4)20(24)12-11-19-15-25(3)21(28)16-27(19,26)17-22(25)30-23(29)18-9-6-5-7-10-18/h5-7,9-10,19-20,22H,8,11-17H2,1-4H3/t19-,20-,22-,25+,26-,27+/m0/s1. The Labute approximate surface area is 181 Å². The molecule has 0 amide bonds. The van der Waals surface area contributed by atoms with Crippen molar-refractivity contribution < 1.29 is 14.3 Å². The van der Waals surface area contributed by atoms with Gasteiger partial charge in [-0.3, -0.25) is 4.79 Å². The minimum Gasteiger partial charge on any atom is -0.458 e. The van der Waals surface area contributed by atoms with Gasteiger partial charge in [-0.05, 0) is 85.7 Å². The van der Waals surface area contributed by atoms with Crippen LogP contribution in [0.1, 0.15) is 89.4 Å². The summed E-state index contributed by atoms with van der Waals surface area (Å²) in [6.07, 6.45) is 8.39. The van der Waals surface area contributed by atoms with E-state index in [1.165, 1.54) is 32.1 Å². The van der Waals surface area contributed by atoms with E-state index in [1.54, 1.807) is 12.1 Å². The SMILES string of the molecule is CC1(C)CCC[C@@]2(C)[C@H]1CC[C@H]1C[C@]3(C)C(=O)C[C@@]12C[C@@H]3OC(=O)c1ccccc1. The number of Topliss-reactive ketones (excluding diaryl/α,β-unsaturated/α-hetero) is 1. The summed E-state index contributed by atoms with van der Waals surface area (Å²) in [5.41, 5.74) is 0.529. The van der Waals surface area contributed by atoms with Crippen LogP contribution >= 0.6 is 0 Å². The Hall–Kier alpha value is -1.64. The third-order valence-corrected chi connectivity index (χ3v) is 10.3. The molecule has 5 saturated carbocycles. The smallest absolute Gasteiger partial charge is 0.338 e. The van der Waals surface area contributed by atoms with Gasteiger partial charge in [0.2, 0.25) is 0 Å². The molecule has 0 radical (unpaired) electrons. The molecule has 0 aliphatic heterocycles. The molecule has 5 aliphatic carbocycles. The van der Waals surface area contributed by atoms with Crippen LogP contribution in [0.3, 0.4) is 0 Å². The predicted molar refractivity (Wildman–Crippen MR) is 117 cm³/mol. The highest BCUT2D eigenvalue weighted by Crippen LogP contribution is 2.74. The van der Waals surface area contributed by atoms with Crippen LogP contribution < -0.4 is 0 Å². The lowest BCUT2D eigenvalue weighted by Gasteiger charge is -2.71. The Morgan fingerprint density at radius 3 is 2.47 bits per heavy atom. The van der Waals surface area contributed by atoms with E-state index in [2.05, 4.69) is 27.7 Å². The molecule has 0 unspecified atom stereocenters. The largest absolute Gasteiger partial charge is 0.458 e. The van der Waals surface area contributed by atoms with Crippen molar-refractivity contribution in [3.8, 4) is 0 Å². The molecule has 30 heavy (non-hydrogen) atoms. The van der Waals surface area contributed by atoms with Crippen LogP contribution in [0.5, 0.6) is 0 Å². The average molecular weight is 409 g/mol. The average Bonchev–Trinajstić information content (AvgIpc) is 2.69. The first kappa shape index (κ1) is 20.3. The van der Waals surface area contributed by atoms with Gasteiger partial charge in [0.05, 0.1) is 11.0 Å². The van der Waals surface area contributed by atoms with Crippen LogP contribution in [0.2, 0.25) is 0 Å². The molecule has 162 valence electrons. The van der Waals surface area contributed by atoms with E-state index < -0.39 is 5.41 Å². The molecule has 1 aromatic rings. The maximum absolute atomic E-state index is 13.5. The van der Waals surface area contributed by atoms with Crippen molar-refractivity contribution in [1.82, 2.24) is 0 Å². The highest BCUT2D eigenvalue weighted by Gasteiger charge is 2.71. The number of rotatable bonds is 2. The molecule has 0 N–H and O–H groups in total. The van der Waals surface area contributed by atoms with E-state index in [0.717, 1.165) is 12.8 Å². The number of hydrogen-bond donors (Lipinski definition) is 0. The molecule has 0 saturated heterocycles. The third kappa shape index (κ3) is 2.56. The Balaban J connectivity index is 1.52. The second kappa shape index (κ2) is 6.43. The fourth-order valence-electron chi connectivity index (χ4n) is 8.58. The molecule has 6 atom stereocenters. The Morgan fingerprint density at radius 1 is 1.00 bits per heavy atom. The molecule has 3 heteroatoms. The van der Waals surface area contributed by atoms with Crippen molar-refractivity contribution in [2.45, 2.75) is 85.2 Å². The summed E-state index contributed by atoms with van der Waals surface area (Å²) in [5.74, 6) is 1.29. The minimum atomic E-state index is -0.524. The van der Waals surface area contributed by atoms with Crippen molar-refractivity contribution in [2.24, 2.45) is 33.5 Å². The van der Waals surface area contributed by atoms with Gasteiger partial charge in [-0.25, -0.2) is 4.79 Å². The lowest BCUT2D eigenvalue weighted by atomic mass is 9.33. The van der Waals surface area contributed by atoms with Crippen LogP contribution in [0, 0.1) is 33.5 Å². The van der Waals surface area contributed by atoms with Crippen LogP contribution in [-0.2, 0) is 9.53 Å². The molecule has 5 aliphatic rings. The minimum absolute atomic E-state index is 0.00984. The number of esters is 1. The molecule has 1 aromatic carbocycles. The van der Waals surface area contributed by atoms with Crippen LogP contribution in [0.4, 0.5) is 0 Å². The fourth-order valence-corrected chi connectivity index (χ4v) is 8.58.